The number of benzene rings is 2. The smallest absolute Gasteiger partial charge is 0.238 e. The Kier molecular flexibility index (Phi) is 9.79. The second-order valence-electron chi connectivity index (χ2n) is 9.30. The second kappa shape index (κ2) is 13.2. The van der Waals surface area contributed by atoms with Crippen LogP contribution in [-0.2, 0) is 25.1 Å². The van der Waals surface area contributed by atoms with Crippen molar-refractivity contribution in [1.29, 1.82) is 0 Å². The summed E-state index contributed by atoms with van der Waals surface area (Å²) < 4.78 is 32.2. The molecule has 2 aromatic carbocycles. The molecule has 0 spiro atoms. The number of aromatic nitrogens is 1. The Morgan fingerprint density at radius 3 is 2.51 bits per heavy atom. The van der Waals surface area contributed by atoms with Crippen molar-refractivity contribution in [3.8, 4) is 0 Å². The van der Waals surface area contributed by atoms with E-state index in [9.17, 15) is 18.0 Å². The monoisotopic (exact) mass is 543 g/mol. The number of hydrogen-bond donors (Lipinski definition) is 2. The fourth-order valence-electron chi connectivity index (χ4n) is 4.33. The van der Waals surface area contributed by atoms with Crippen LogP contribution in [0.2, 0.25) is 0 Å². The zero-order valence-corrected chi connectivity index (χ0v) is 22.4. The number of unbranched alkanes of at least 4 members (excludes halogenated alkanes) is 1. The molecule has 0 radical (unpaired) electrons. The fourth-order valence-corrected chi connectivity index (χ4v) is 6.84. The first-order chi connectivity index (χ1) is 17.9. The summed E-state index contributed by atoms with van der Waals surface area (Å²) in [6.07, 6.45) is 3.04. The van der Waals surface area contributed by atoms with Gasteiger partial charge in [-0.3, -0.25) is 9.59 Å². The molecule has 198 valence electrons. The lowest BCUT2D eigenvalue weighted by molar-refractivity contribution is -0.123. The Balaban J connectivity index is 1.27. The summed E-state index contributed by atoms with van der Waals surface area (Å²) in [5.74, 6) is -0.721. The standard InChI is InChI=1S/C27H33N3O5S2/c31-24(27-30-22-10-4-5-12-25(22)36-27)11-6-7-15-28-26(32)23(29-21-13-16-35-17-14-21)19-37(33,34)18-20-8-2-1-3-9-20/h1-5,8-10,12,21,23,29H,6-7,11,13-19H2,(H,28,32)/t23-/m0/s1. The van der Waals surface area contributed by atoms with Crippen LogP contribution in [0.25, 0.3) is 10.2 Å². The van der Waals surface area contributed by atoms with Gasteiger partial charge >= 0.3 is 0 Å². The number of ketones is 1. The molecule has 0 saturated carbocycles. The predicted octanol–water partition coefficient (Wildman–Crippen LogP) is 3.52. The van der Waals surface area contributed by atoms with Crippen LogP contribution in [0.3, 0.4) is 0 Å². The highest BCUT2D eigenvalue weighted by molar-refractivity contribution is 7.90. The number of carbonyl (C=O) groups is 2. The molecule has 0 unspecified atom stereocenters. The van der Waals surface area contributed by atoms with Gasteiger partial charge in [-0.15, -0.1) is 11.3 Å². The summed E-state index contributed by atoms with van der Waals surface area (Å²) in [5.41, 5.74) is 1.53. The molecule has 1 aromatic heterocycles. The summed E-state index contributed by atoms with van der Waals surface area (Å²) in [6, 6.07) is 15.8. The zero-order valence-electron chi connectivity index (χ0n) is 20.7. The minimum atomic E-state index is -3.52. The summed E-state index contributed by atoms with van der Waals surface area (Å²) >= 11 is 1.40. The van der Waals surface area contributed by atoms with E-state index in [0.717, 1.165) is 23.1 Å². The summed E-state index contributed by atoms with van der Waals surface area (Å²) in [6.45, 7) is 1.55. The number of ether oxygens (including phenoxy) is 1. The molecule has 3 aromatic rings. The van der Waals surface area contributed by atoms with Crippen molar-refractivity contribution in [2.24, 2.45) is 0 Å². The molecule has 37 heavy (non-hydrogen) atoms. The Hall–Kier alpha value is -2.66. The maximum atomic E-state index is 13.0. The van der Waals surface area contributed by atoms with E-state index in [4.69, 9.17) is 4.74 Å². The maximum Gasteiger partial charge on any atom is 0.238 e. The Morgan fingerprint density at radius 1 is 1.03 bits per heavy atom. The van der Waals surface area contributed by atoms with Gasteiger partial charge in [-0.1, -0.05) is 42.5 Å². The number of para-hydroxylation sites is 1. The molecule has 10 heteroatoms. The number of fused-ring (bicyclic) bond motifs is 1. The summed E-state index contributed by atoms with van der Waals surface area (Å²) in [5, 5.41) is 6.64. The highest BCUT2D eigenvalue weighted by Gasteiger charge is 2.28. The van der Waals surface area contributed by atoms with Gasteiger partial charge in [-0.05, 0) is 43.4 Å². The molecule has 4 rings (SSSR count). The second-order valence-corrected chi connectivity index (χ2v) is 12.4. The topological polar surface area (TPSA) is 114 Å². The van der Waals surface area contributed by atoms with Crippen molar-refractivity contribution in [2.45, 2.75) is 49.9 Å². The highest BCUT2D eigenvalue weighted by Crippen LogP contribution is 2.23. The third kappa shape index (κ3) is 8.43. The Labute approximate surface area is 221 Å². The first-order valence-corrected chi connectivity index (χ1v) is 15.3. The van der Waals surface area contributed by atoms with Gasteiger partial charge in [0.15, 0.2) is 20.6 Å². The van der Waals surface area contributed by atoms with Gasteiger partial charge in [0.05, 0.1) is 21.7 Å². The molecule has 1 aliphatic rings. The zero-order chi connectivity index (χ0) is 26.1. The van der Waals surface area contributed by atoms with Crippen LogP contribution >= 0.6 is 11.3 Å². The number of thiazole rings is 1. The van der Waals surface area contributed by atoms with E-state index >= 15 is 0 Å². The molecular weight excluding hydrogens is 510 g/mol. The number of carbonyl (C=O) groups excluding carboxylic acids is 2. The van der Waals surface area contributed by atoms with Gasteiger partial charge in [0.1, 0.15) is 6.04 Å². The number of rotatable bonds is 13. The number of sulfone groups is 1. The van der Waals surface area contributed by atoms with E-state index in [0.29, 0.717) is 49.6 Å². The lowest BCUT2D eigenvalue weighted by atomic mass is 10.1. The molecule has 1 saturated heterocycles. The van der Waals surface area contributed by atoms with Crippen LogP contribution in [0.5, 0.6) is 0 Å². The van der Waals surface area contributed by atoms with E-state index in [-0.39, 0.29) is 29.2 Å². The largest absolute Gasteiger partial charge is 0.381 e. The number of nitrogens with zero attached hydrogens (tertiary/aromatic N) is 1. The molecule has 0 aliphatic carbocycles. The van der Waals surface area contributed by atoms with Crippen LogP contribution in [-0.4, -0.2) is 62.7 Å². The van der Waals surface area contributed by atoms with Gasteiger partial charge in [0.25, 0.3) is 0 Å². The average molecular weight is 544 g/mol. The van der Waals surface area contributed by atoms with Crippen molar-refractivity contribution in [3.05, 3.63) is 65.2 Å². The fraction of sp³-hybridized carbons (Fsp3) is 0.444. The molecule has 1 aliphatic heterocycles. The minimum absolute atomic E-state index is 0.00130. The van der Waals surface area contributed by atoms with E-state index in [2.05, 4.69) is 15.6 Å². The number of Topliss-reactive ketones (excluding diaryl/α,β-unsaturated/α-hetero) is 1. The van der Waals surface area contributed by atoms with Gasteiger partial charge in [0, 0.05) is 32.2 Å². The minimum Gasteiger partial charge on any atom is -0.381 e. The van der Waals surface area contributed by atoms with Gasteiger partial charge in [-0.2, -0.15) is 0 Å². The predicted molar refractivity (Wildman–Crippen MR) is 146 cm³/mol. The molecule has 2 heterocycles. The third-order valence-electron chi connectivity index (χ3n) is 6.29. The van der Waals surface area contributed by atoms with Crippen LogP contribution in [0.15, 0.2) is 54.6 Å². The van der Waals surface area contributed by atoms with Gasteiger partial charge in [0.2, 0.25) is 5.91 Å². The van der Waals surface area contributed by atoms with Crippen molar-refractivity contribution in [2.75, 3.05) is 25.5 Å². The van der Waals surface area contributed by atoms with Crippen molar-refractivity contribution in [3.63, 3.8) is 0 Å². The van der Waals surface area contributed by atoms with E-state index in [1.807, 2.05) is 30.3 Å². The quantitative estimate of drug-likeness (QED) is 0.250. The van der Waals surface area contributed by atoms with Crippen molar-refractivity contribution < 1.29 is 22.7 Å². The molecule has 8 nitrogen and oxygen atoms in total. The number of hydrogen-bond acceptors (Lipinski definition) is 8. The maximum absolute atomic E-state index is 13.0. The molecule has 1 atom stereocenters. The van der Waals surface area contributed by atoms with Crippen LogP contribution < -0.4 is 10.6 Å². The van der Waals surface area contributed by atoms with Gasteiger partial charge < -0.3 is 15.4 Å². The van der Waals surface area contributed by atoms with Crippen LogP contribution in [0.4, 0.5) is 0 Å². The Morgan fingerprint density at radius 2 is 1.76 bits per heavy atom. The number of amides is 1. The van der Waals surface area contributed by atoms with Crippen LogP contribution in [0.1, 0.15) is 47.5 Å². The third-order valence-corrected chi connectivity index (χ3v) is 8.98. The lowest BCUT2D eigenvalue weighted by Gasteiger charge is -2.28. The molecule has 1 amide bonds. The molecule has 2 N–H and O–H groups in total. The first kappa shape index (κ1) is 27.4. The Bertz CT molecular complexity index is 1250. The molecule has 1 fully saturated rings. The average Bonchev–Trinajstić information content (AvgIpc) is 3.33. The molecule has 0 bridgehead atoms. The normalized spacial score (nSPS) is 15.5. The molecular formula is C27H33N3O5S2. The SMILES string of the molecule is O=C(CCCCNC(=O)[C@H](CS(=O)(=O)Cc1ccccc1)NC1CCOCC1)c1nc2ccccc2s1. The summed E-state index contributed by atoms with van der Waals surface area (Å²) in [4.78, 5) is 29.9. The van der Waals surface area contributed by atoms with Crippen molar-refractivity contribution in [1.82, 2.24) is 15.6 Å². The van der Waals surface area contributed by atoms with Crippen LogP contribution in [0, 0.1) is 0 Å². The van der Waals surface area contributed by atoms with E-state index in [1.54, 1.807) is 24.3 Å². The van der Waals surface area contributed by atoms with Crippen molar-refractivity contribution >= 4 is 43.1 Å². The van der Waals surface area contributed by atoms with E-state index in [1.165, 1.54) is 11.3 Å². The summed E-state index contributed by atoms with van der Waals surface area (Å²) in [7, 11) is -3.52. The lowest BCUT2D eigenvalue weighted by Crippen LogP contribution is -2.53. The highest BCUT2D eigenvalue weighted by atomic mass is 32.2. The first-order valence-electron chi connectivity index (χ1n) is 12.6. The number of nitrogens with one attached hydrogen (secondary N) is 2. The van der Waals surface area contributed by atoms with E-state index < -0.39 is 15.9 Å². The van der Waals surface area contributed by atoms with Gasteiger partial charge in [-0.25, -0.2) is 13.4 Å².